The van der Waals surface area contributed by atoms with Crippen LogP contribution >= 0.6 is 12.6 Å². The van der Waals surface area contributed by atoms with E-state index in [1.165, 1.54) is 25.1 Å². The second kappa shape index (κ2) is 3.97. The maximum atomic E-state index is 4.47. The van der Waals surface area contributed by atoms with Gasteiger partial charge in [0.15, 0.2) is 0 Å². The van der Waals surface area contributed by atoms with E-state index in [9.17, 15) is 0 Å². The molecule has 0 N–H and O–H groups in total. The summed E-state index contributed by atoms with van der Waals surface area (Å²) in [6.07, 6.45) is 9.06. The van der Waals surface area contributed by atoms with Crippen LogP contribution in [0, 0.1) is 5.41 Å². The summed E-state index contributed by atoms with van der Waals surface area (Å²) in [4.78, 5) is 4.35. The molecule has 14 heavy (non-hydrogen) atoms. The molecule has 0 unspecified atom stereocenters. The van der Waals surface area contributed by atoms with E-state index < -0.39 is 0 Å². The minimum Gasteiger partial charge on any atom is -0.334 e. The Balaban J connectivity index is 2.09. The Morgan fingerprint density at radius 1 is 1.57 bits per heavy atom. The zero-order valence-corrected chi connectivity index (χ0v) is 9.63. The van der Waals surface area contributed by atoms with Crippen molar-refractivity contribution < 1.29 is 0 Å². The SMILES string of the molecule is CCc1nccn1CC1(CS)CCC1. The molecule has 2 nitrogen and oxygen atoms in total. The van der Waals surface area contributed by atoms with Gasteiger partial charge in [-0.25, -0.2) is 4.98 Å². The van der Waals surface area contributed by atoms with Crippen LogP contribution in [-0.2, 0) is 13.0 Å². The van der Waals surface area contributed by atoms with Gasteiger partial charge in [-0.15, -0.1) is 0 Å². The lowest BCUT2D eigenvalue weighted by Gasteiger charge is -2.41. The van der Waals surface area contributed by atoms with Crippen molar-refractivity contribution in [1.82, 2.24) is 9.55 Å². The van der Waals surface area contributed by atoms with Crippen molar-refractivity contribution in [2.75, 3.05) is 5.75 Å². The predicted molar refractivity (Wildman–Crippen MR) is 61.7 cm³/mol. The molecule has 0 bridgehead atoms. The summed E-state index contributed by atoms with van der Waals surface area (Å²) in [6, 6.07) is 0. The van der Waals surface area contributed by atoms with Crippen LogP contribution < -0.4 is 0 Å². The normalized spacial score (nSPS) is 19.3. The fourth-order valence-corrected chi connectivity index (χ4v) is 2.62. The number of aryl methyl sites for hydroxylation is 1. The average molecular weight is 210 g/mol. The lowest BCUT2D eigenvalue weighted by molar-refractivity contribution is 0.137. The van der Waals surface area contributed by atoms with E-state index in [2.05, 4.69) is 35.3 Å². The summed E-state index contributed by atoms with van der Waals surface area (Å²) in [5.74, 6) is 2.21. The molecule has 0 amide bonds. The Labute approximate surface area is 91.1 Å². The Morgan fingerprint density at radius 2 is 2.36 bits per heavy atom. The monoisotopic (exact) mass is 210 g/mol. The molecule has 0 aliphatic heterocycles. The third-order valence-corrected chi connectivity index (χ3v) is 4.04. The topological polar surface area (TPSA) is 17.8 Å². The van der Waals surface area contributed by atoms with Crippen LogP contribution in [0.4, 0.5) is 0 Å². The predicted octanol–water partition coefficient (Wildman–Crippen LogP) is 2.55. The van der Waals surface area contributed by atoms with Crippen LogP contribution in [0.25, 0.3) is 0 Å². The van der Waals surface area contributed by atoms with Crippen molar-refractivity contribution in [1.29, 1.82) is 0 Å². The number of nitrogens with zero attached hydrogens (tertiary/aromatic N) is 2. The highest BCUT2D eigenvalue weighted by molar-refractivity contribution is 7.80. The molecule has 1 heterocycles. The van der Waals surface area contributed by atoms with E-state index in [1.807, 2.05) is 6.20 Å². The van der Waals surface area contributed by atoms with Crippen molar-refractivity contribution in [3.63, 3.8) is 0 Å². The number of hydrogen-bond acceptors (Lipinski definition) is 2. The molecule has 0 radical (unpaired) electrons. The maximum Gasteiger partial charge on any atom is 0.108 e. The Morgan fingerprint density at radius 3 is 2.86 bits per heavy atom. The summed E-state index contributed by atoms with van der Waals surface area (Å²) in [5.41, 5.74) is 0.466. The maximum absolute atomic E-state index is 4.47. The van der Waals surface area contributed by atoms with E-state index in [4.69, 9.17) is 0 Å². The zero-order chi connectivity index (χ0) is 10.0. The standard InChI is InChI=1S/C11H18N2S/c1-2-10-12-6-7-13(10)8-11(9-14)4-3-5-11/h6-7,14H,2-5,8-9H2,1H3. The van der Waals surface area contributed by atoms with Gasteiger partial charge in [0, 0.05) is 25.4 Å². The van der Waals surface area contributed by atoms with Gasteiger partial charge in [0.25, 0.3) is 0 Å². The van der Waals surface area contributed by atoms with Crippen molar-refractivity contribution in [3.05, 3.63) is 18.2 Å². The summed E-state index contributed by atoms with van der Waals surface area (Å²) in [7, 11) is 0. The van der Waals surface area contributed by atoms with Gasteiger partial charge in [0.1, 0.15) is 5.82 Å². The van der Waals surface area contributed by atoms with Crippen molar-refractivity contribution in [2.45, 2.75) is 39.2 Å². The van der Waals surface area contributed by atoms with Crippen LogP contribution in [0.5, 0.6) is 0 Å². The summed E-state index contributed by atoms with van der Waals surface area (Å²) in [5, 5.41) is 0. The van der Waals surface area contributed by atoms with Gasteiger partial charge in [-0.2, -0.15) is 12.6 Å². The molecular formula is C11H18N2S. The van der Waals surface area contributed by atoms with Crippen molar-refractivity contribution in [3.8, 4) is 0 Å². The van der Waals surface area contributed by atoms with Crippen LogP contribution in [0.15, 0.2) is 12.4 Å². The summed E-state index contributed by atoms with van der Waals surface area (Å²) in [6.45, 7) is 3.27. The van der Waals surface area contributed by atoms with Gasteiger partial charge in [-0.3, -0.25) is 0 Å². The molecule has 1 aromatic heterocycles. The van der Waals surface area contributed by atoms with E-state index in [1.54, 1.807) is 0 Å². The van der Waals surface area contributed by atoms with Gasteiger partial charge in [-0.05, 0) is 24.0 Å². The highest BCUT2D eigenvalue weighted by Gasteiger charge is 2.36. The lowest BCUT2D eigenvalue weighted by Crippen LogP contribution is -2.36. The van der Waals surface area contributed by atoms with Crippen LogP contribution in [0.1, 0.15) is 32.0 Å². The van der Waals surface area contributed by atoms with Crippen LogP contribution in [0.2, 0.25) is 0 Å². The van der Waals surface area contributed by atoms with Crippen molar-refractivity contribution in [2.24, 2.45) is 5.41 Å². The molecule has 2 rings (SSSR count). The van der Waals surface area contributed by atoms with E-state index in [0.29, 0.717) is 5.41 Å². The average Bonchev–Trinajstić information content (AvgIpc) is 2.58. The van der Waals surface area contributed by atoms with E-state index in [-0.39, 0.29) is 0 Å². The summed E-state index contributed by atoms with van der Waals surface area (Å²) >= 11 is 4.47. The fraction of sp³-hybridized carbons (Fsp3) is 0.727. The second-order valence-corrected chi connectivity index (χ2v) is 4.65. The zero-order valence-electron chi connectivity index (χ0n) is 8.74. The smallest absolute Gasteiger partial charge is 0.108 e. The Hall–Kier alpha value is -0.440. The molecule has 0 spiro atoms. The Kier molecular flexibility index (Phi) is 2.86. The number of hydrogen-bond donors (Lipinski definition) is 1. The molecule has 0 saturated heterocycles. The third kappa shape index (κ3) is 1.70. The van der Waals surface area contributed by atoms with Crippen molar-refractivity contribution >= 4 is 12.6 Å². The van der Waals surface area contributed by atoms with E-state index >= 15 is 0 Å². The molecular weight excluding hydrogens is 192 g/mol. The van der Waals surface area contributed by atoms with Gasteiger partial charge in [-0.1, -0.05) is 13.3 Å². The van der Waals surface area contributed by atoms with Gasteiger partial charge in [0.05, 0.1) is 0 Å². The van der Waals surface area contributed by atoms with Crippen LogP contribution in [-0.4, -0.2) is 15.3 Å². The fourth-order valence-electron chi connectivity index (χ4n) is 2.20. The first-order valence-electron chi connectivity index (χ1n) is 5.40. The molecule has 1 aliphatic rings. The first-order chi connectivity index (χ1) is 6.79. The Bertz CT molecular complexity index is 296. The third-order valence-electron chi connectivity index (χ3n) is 3.37. The largest absolute Gasteiger partial charge is 0.334 e. The number of thiol groups is 1. The molecule has 1 aliphatic carbocycles. The molecule has 1 aromatic rings. The number of aromatic nitrogens is 2. The molecule has 3 heteroatoms. The highest BCUT2D eigenvalue weighted by atomic mass is 32.1. The number of rotatable bonds is 4. The van der Waals surface area contributed by atoms with Gasteiger partial charge < -0.3 is 4.57 Å². The second-order valence-electron chi connectivity index (χ2n) is 4.34. The first kappa shape index (κ1) is 10.1. The number of imidazole rings is 1. The molecule has 0 atom stereocenters. The minimum absolute atomic E-state index is 0.466. The quantitative estimate of drug-likeness (QED) is 0.756. The summed E-state index contributed by atoms with van der Waals surface area (Å²) < 4.78 is 2.30. The molecule has 0 aromatic carbocycles. The first-order valence-corrected chi connectivity index (χ1v) is 6.04. The van der Waals surface area contributed by atoms with E-state index in [0.717, 1.165) is 18.7 Å². The van der Waals surface area contributed by atoms with Gasteiger partial charge in [0.2, 0.25) is 0 Å². The van der Waals surface area contributed by atoms with Gasteiger partial charge >= 0.3 is 0 Å². The highest BCUT2D eigenvalue weighted by Crippen LogP contribution is 2.43. The molecule has 78 valence electrons. The molecule has 1 fully saturated rings. The lowest BCUT2D eigenvalue weighted by atomic mass is 9.70. The van der Waals surface area contributed by atoms with Crippen LogP contribution in [0.3, 0.4) is 0 Å². The molecule has 1 saturated carbocycles. The minimum atomic E-state index is 0.466.